The second-order valence-electron chi connectivity index (χ2n) is 6.45. The second-order valence-corrected chi connectivity index (χ2v) is 6.45. The zero-order valence-electron chi connectivity index (χ0n) is 16.7. The van der Waals surface area contributed by atoms with E-state index in [9.17, 15) is 4.79 Å². The van der Waals surface area contributed by atoms with Crippen molar-refractivity contribution >= 4 is 35.8 Å². The van der Waals surface area contributed by atoms with Crippen LogP contribution in [0.2, 0.25) is 0 Å². The summed E-state index contributed by atoms with van der Waals surface area (Å²) in [5, 5.41) is 6.26. The summed E-state index contributed by atoms with van der Waals surface area (Å²) in [6, 6.07) is 2.05. The minimum atomic E-state index is 0. The lowest BCUT2D eigenvalue weighted by Crippen LogP contribution is -2.54. The van der Waals surface area contributed by atoms with Crippen molar-refractivity contribution in [2.75, 3.05) is 60.0 Å². The maximum absolute atomic E-state index is 11.9. The smallest absolute Gasteiger partial charge is 0.234 e. The fraction of sp³-hybridized carbons (Fsp3) is 0.667. The molecule has 1 aliphatic rings. The van der Waals surface area contributed by atoms with Crippen molar-refractivity contribution in [2.45, 2.75) is 20.4 Å². The van der Waals surface area contributed by atoms with Crippen molar-refractivity contribution < 1.29 is 13.9 Å². The van der Waals surface area contributed by atoms with Crippen molar-refractivity contribution in [1.82, 2.24) is 20.4 Å². The highest BCUT2D eigenvalue weighted by atomic mass is 127. The number of nitrogens with zero attached hydrogens (tertiary/aromatic N) is 3. The summed E-state index contributed by atoms with van der Waals surface area (Å²) in [5.74, 6) is 2.79. The van der Waals surface area contributed by atoms with E-state index in [1.807, 2.05) is 13.8 Å². The summed E-state index contributed by atoms with van der Waals surface area (Å²) < 4.78 is 10.5. The van der Waals surface area contributed by atoms with E-state index in [0.717, 1.165) is 49.2 Å². The molecule has 0 radical (unpaired) electrons. The maximum atomic E-state index is 11.9. The third-order valence-corrected chi connectivity index (χ3v) is 4.46. The lowest BCUT2D eigenvalue weighted by Gasteiger charge is -2.36. The van der Waals surface area contributed by atoms with Crippen LogP contribution < -0.4 is 10.6 Å². The number of aryl methyl sites for hydroxylation is 2. The van der Waals surface area contributed by atoms with Crippen molar-refractivity contribution in [2.24, 2.45) is 4.99 Å². The molecule has 0 unspecified atom stereocenters. The standard InChI is InChI=1S/C18H31N5O3.HI/c1-14-11-16(15(2)26-14)12-21-18(19-3)23-8-6-22(7-9-23)13-17(24)20-5-10-25-4;/h11H,5-10,12-13H2,1-4H3,(H,19,21)(H,20,24);1H. The minimum Gasteiger partial charge on any atom is -0.466 e. The Hall–Kier alpha value is -1.33. The number of guanidine groups is 1. The molecule has 1 fully saturated rings. The summed E-state index contributed by atoms with van der Waals surface area (Å²) in [6.07, 6.45) is 0. The highest BCUT2D eigenvalue weighted by Gasteiger charge is 2.21. The Bertz CT molecular complexity index is 612. The number of aliphatic imine (C=N–C) groups is 1. The van der Waals surface area contributed by atoms with Crippen LogP contribution in [0.3, 0.4) is 0 Å². The lowest BCUT2D eigenvalue weighted by atomic mass is 10.2. The first-order valence-corrected chi connectivity index (χ1v) is 9.03. The molecule has 0 bridgehead atoms. The van der Waals surface area contributed by atoms with Gasteiger partial charge in [0.25, 0.3) is 0 Å². The molecule has 2 rings (SSSR count). The molecule has 0 atom stereocenters. The molecule has 27 heavy (non-hydrogen) atoms. The number of ether oxygens (including phenoxy) is 1. The molecule has 0 spiro atoms. The number of amides is 1. The summed E-state index contributed by atoms with van der Waals surface area (Å²) >= 11 is 0. The van der Waals surface area contributed by atoms with Gasteiger partial charge in [-0.15, -0.1) is 24.0 Å². The van der Waals surface area contributed by atoms with Crippen LogP contribution in [0.25, 0.3) is 0 Å². The number of hydrogen-bond donors (Lipinski definition) is 2. The van der Waals surface area contributed by atoms with Gasteiger partial charge in [-0.2, -0.15) is 0 Å². The van der Waals surface area contributed by atoms with Crippen molar-refractivity contribution in [3.8, 4) is 0 Å². The van der Waals surface area contributed by atoms with E-state index >= 15 is 0 Å². The first-order valence-electron chi connectivity index (χ1n) is 9.03. The zero-order valence-corrected chi connectivity index (χ0v) is 19.0. The summed E-state index contributed by atoms with van der Waals surface area (Å²) in [7, 11) is 3.42. The molecular formula is C18H32IN5O3. The van der Waals surface area contributed by atoms with Crippen LogP contribution in [0.1, 0.15) is 17.1 Å². The first-order chi connectivity index (χ1) is 12.5. The Kier molecular flexibility index (Phi) is 10.7. The number of rotatable bonds is 7. The van der Waals surface area contributed by atoms with Gasteiger partial charge in [-0.05, 0) is 19.9 Å². The molecule has 1 aromatic rings. The lowest BCUT2D eigenvalue weighted by molar-refractivity contribution is -0.122. The Morgan fingerprint density at radius 1 is 1.26 bits per heavy atom. The van der Waals surface area contributed by atoms with Crippen LogP contribution in [0, 0.1) is 13.8 Å². The molecule has 9 heteroatoms. The Balaban J connectivity index is 0.00000364. The Morgan fingerprint density at radius 3 is 2.52 bits per heavy atom. The van der Waals surface area contributed by atoms with Gasteiger partial charge in [0.1, 0.15) is 11.5 Å². The van der Waals surface area contributed by atoms with Gasteiger partial charge in [0.15, 0.2) is 5.96 Å². The fourth-order valence-corrected chi connectivity index (χ4v) is 3.03. The van der Waals surface area contributed by atoms with Crippen LogP contribution in [-0.4, -0.2) is 81.7 Å². The molecule has 1 amide bonds. The highest BCUT2D eigenvalue weighted by molar-refractivity contribution is 14.0. The van der Waals surface area contributed by atoms with E-state index in [1.54, 1.807) is 14.2 Å². The third kappa shape index (κ3) is 7.67. The molecule has 0 saturated carbocycles. The SMILES string of the molecule is CN=C(NCc1cc(C)oc1C)N1CCN(CC(=O)NCCOC)CC1.I. The molecule has 2 N–H and O–H groups in total. The quantitative estimate of drug-likeness (QED) is 0.255. The van der Waals surface area contributed by atoms with Crippen molar-refractivity contribution in [1.29, 1.82) is 0 Å². The molecule has 0 aliphatic carbocycles. The Labute approximate surface area is 178 Å². The monoisotopic (exact) mass is 493 g/mol. The number of carbonyl (C=O) groups excluding carboxylic acids is 1. The third-order valence-electron chi connectivity index (χ3n) is 4.46. The molecule has 1 saturated heterocycles. The predicted octanol–water partition coefficient (Wildman–Crippen LogP) is 0.970. The number of methoxy groups -OCH3 is 1. The van der Waals surface area contributed by atoms with Crippen LogP contribution in [-0.2, 0) is 16.1 Å². The van der Waals surface area contributed by atoms with Crippen LogP contribution >= 0.6 is 24.0 Å². The summed E-state index contributed by atoms with van der Waals surface area (Å²) in [6.45, 7) is 9.50. The summed E-state index contributed by atoms with van der Waals surface area (Å²) in [4.78, 5) is 20.7. The van der Waals surface area contributed by atoms with Gasteiger partial charge in [-0.3, -0.25) is 14.7 Å². The topological polar surface area (TPSA) is 82.3 Å². The van der Waals surface area contributed by atoms with E-state index in [4.69, 9.17) is 9.15 Å². The van der Waals surface area contributed by atoms with E-state index in [-0.39, 0.29) is 29.9 Å². The van der Waals surface area contributed by atoms with Gasteiger partial charge < -0.3 is 24.7 Å². The van der Waals surface area contributed by atoms with Gasteiger partial charge in [0.2, 0.25) is 5.91 Å². The molecule has 8 nitrogen and oxygen atoms in total. The molecule has 2 heterocycles. The van der Waals surface area contributed by atoms with Crippen LogP contribution in [0.5, 0.6) is 0 Å². The number of nitrogens with one attached hydrogen (secondary N) is 2. The molecule has 1 aromatic heterocycles. The average Bonchev–Trinajstić information content (AvgIpc) is 2.94. The fourth-order valence-electron chi connectivity index (χ4n) is 3.03. The van der Waals surface area contributed by atoms with Gasteiger partial charge >= 0.3 is 0 Å². The zero-order chi connectivity index (χ0) is 18.9. The van der Waals surface area contributed by atoms with Gasteiger partial charge in [0.05, 0.1) is 13.2 Å². The number of piperazine rings is 1. The average molecular weight is 493 g/mol. The number of carbonyl (C=O) groups is 1. The molecule has 154 valence electrons. The number of furan rings is 1. The van der Waals surface area contributed by atoms with E-state index in [1.165, 1.54) is 0 Å². The van der Waals surface area contributed by atoms with Crippen LogP contribution in [0.15, 0.2) is 15.5 Å². The number of hydrogen-bond acceptors (Lipinski definition) is 5. The largest absolute Gasteiger partial charge is 0.466 e. The maximum Gasteiger partial charge on any atom is 0.234 e. The molecular weight excluding hydrogens is 461 g/mol. The Morgan fingerprint density at radius 2 is 1.96 bits per heavy atom. The second kappa shape index (κ2) is 12.2. The van der Waals surface area contributed by atoms with Crippen LogP contribution in [0.4, 0.5) is 0 Å². The molecule has 0 aromatic carbocycles. The highest BCUT2D eigenvalue weighted by Crippen LogP contribution is 2.13. The first kappa shape index (κ1) is 23.7. The summed E-state index contributed by atoms with van der Waals surface area (Å²) in [5.41, 5.74) is 1.15. The minimum absolute atomic E-state index is 0. The van der Waals surface area contributed by atoms with Gasteiger partial charge in [-0.25, -0.2) is 0 Å². The van der Waals surface area contributed by atoms with E-state index in [0.29, 0.717) is 26.2 Å². The number of halogens is 1. The van der Waals surface area contributed by atoms with Gasteiger partial charge in [-0.1, -0.05) is 0 Å². The normalized spacial score (nSPS) is 15.4. The van der Waals surface area contributed by atoms with Crippen molar-refractivity contribution in [3.05, 3.63) is 23.2 Å². The molecule has 1 aliphatic heterocycles. The van der Waals surface area contributed by atoms with E-state index in [2.05, 4.69) is 31.5 Å². The van der Waals surface area contributed by atoms with Gasteiger partial charge in [0, 0.05) is 59.0 Å². The predicted molar refractivity (Wildman–Crippen MR) is 117 cm³/mol. The van der Waals surface area contributed by atoms with Crippen molar-refractivity contribution in [3.63, 3.8) is 0 Å². The van der Waals surface area contributed by atoms with E-state index < -0.39 is 0 Å².